The quantitative estimate of drug-likeness (QED) is 0.868. The molecule has 0 N–H and O–H groups in total. The van der Waals surface area contributed by atoms with Gasteiger partial charge in [-0.1, -0.05) is 18.2 Å². The second-order valence-electron chi connectivity index (χ2n) is 6.13. The highest BCUT2D eigenvalue weighted by atomic mass is 16.5. The summed E-state index contributed by atoms with van der Waals surface area (Å²) in [5.41, 5.74) is 3.25. The van der Waals surface area contributed by atoms with Crippen LogP contribution in [-0.4, -0.2) is 29.7 Å². The van der Waals surface area contributed by atoms with Crippen molar-refractivity contribution in [3.8, 4) is 5.75 Å². The van der Waals surface area contributed by atoms with E-state index in [9.17, 15) is 0 Å². The molecule has 1 aliphatic rings. The Labute approximate surface area is 132 Å². The number of aryl methyl sites for hydroxylation is 3. The van der Waals surface area contributed by atoms with E-state index in [2.05, 4.69) is 27.9 Å². The monoisotopic (exact) mass is 297 g/mol. The maximum absolute atomic E-state index is 5.98. The molecule has 0 radical (unpaired) electrons. The molecule has 2 heterocycles. The smallest absolute Gasteiger partial charge is 0.225 e. The molecule has 4 heteroatoms. The minimum atomic E-state index is 0.532. The van der Waals surface area contributed by atoms with E-state index in [-0.39, 0.29) is 0 Å². The lowest BCUT2D eigenvalue weighted by Crippen LogP contribution is -2.24. The fourth-order valence-electron chi connectivity index (χ4n) is 2.93. The summed E-state index contributed by atoms with van der Waals surface area (Å²) < 4.78 is 5.98. The number of ether oxygens (including phenoxy) is 1. The third-order valence-corrected chi connectivity index (χ3v) is 4.11. The van der Waals surface area contributed by atoms with Crippen LogP contribution in [0.3, 0.4) is 0 Å². The van der Waals surface area contributed by atoms with E-state index in [1.165, 1.54) is 5.56 Å². The number of anilines is 1. The molecule has 1 aromatic carbocycles. The van der Waals surface area contributed by atoms with Crippen LogP contribution in [0.1, 0.15) is 23.4 Å². The van der Waals surface area contributed by atoms with Crippen molar-refractivity contribution in [2.45, 2.75) is 27.2 Å². The first-order valence-electron chi connectivity index (χ1n) is 7.87. The Bertz CT molecular complexity index is 636. The molecule has 0 unspecified atom stereocenters. The molecule has 1 aliphatic heterocycles. The topological polar surface area (TPSA) is 38.2 Å². The predicted molar refractivity (Wildman–Crippen MR) is 88.5 cm³/mol. The van der Waals surface area contributed by atoms with E-state index in [0.29, 0.717) is 5.92 Å². The first-order chi connectivity index (χ1) is 10.6. The van der Waals surface area contributed by atoms with Gasteiger partial charge in [0, 0.05) is 30.4 Å². The number of benzene rings is 1. The van der Waals surface area contributed by atoms with Gasteiger partial charge in [-0.25, -0.2) is 9.97 Å². The third-order valence-electron chi connectivity index (χ3n) is 4.11. The van der Waals surface area contributed by atoms with Crippen LogP contribution in [-0.2, 0) is 0 Å². The minimum Gasteiger partial charge on any atom is -0.493 e. The van der Waals surface area contributed by atoms with Crippen LogP contribution >= 0.6 is 0 Å². The fraction of sp³-hybridized carbons (Fsp3) is 0.444. The van der Waals surface area contributed by atoms with Crippen LogP contribution in [0.5, 0.6) is 5.75 Å². The number of nitrogens with zero attached hydrogens (tertiary/aromatic N) is 3. The molecular formula is C18H23N3O. The SMILES string of the molecule is Cc1cc(C)nc(N2CC[C@H](COc3ccccc3C)C2)n1. The van der Waals surface area contributed by atoms with Crippen LogP contribution in [0.15, 0.2) is 30.3 Å². The average molecular weight is 297 g/mol. The van der Waals surface area contributed by atoms with Crippen molar-refractivity contribution in [2.75, 3.05) is 24.6 Å². The van der Waals surface area contributed by atoms with Crippen LogP contribution in [0.2, 0.25) is 0 Å². The van der Waals surface area contributed by atoms with Gasteiger partial charge in [0.05, 0.1) is 6.61 Å². The molecule has 0 spiro atoms. The largest absolute Gasteiger partial charge is 0.493 e. The zero-order valence-corrected chi connectivity index (χ0v) is 13.5. The Morgan fingerprint density at radius 3 is 2.59 bits per heavy atom. The lowest BCUT2D eigenvalue weighted by molar-refractivity contribution is 0.259. The molecule has 0 aliphatic carbocycles. The molecule has 116 valence electrons. The van der Waals surface area contributed by atoms with Gasteiger partial charge in [-0.2, -0.15) is 0 Å². The normalized spacial score (nSPS) is 17.8. The second-order valence-corrected chi connectivity index (χ2v) is 6.13. The molecule has 1 aromatic heterocycles. The first-order valence-corrected chi connectivity index (χ1v) is 7.87. The van der Waals surface area contributed by atoms with Crippen molar-refractivity contribution in [1.82, 2.24) is 9.97 Å². The Morgan fingerprint density at radius 1 is 1.14 bits per heavy atom. The van der Waals surface area contributed by atoms with E-state index in [0.717, 1.165) is 49.2 Å². The Kier molecular flexibility index (Phi) is 4.27. The van der Waals surface area contributed by atoms with Gasteiger partial charge in [0.15, 0.2) is 0 Å². The summed E-state index contributed by atoms with van der Waals surface area (Å²) in [6, 6.07) is 10.2. The zero-order chi connectivity index (χ0) is 15.5. The van der Waals surface area contributed by atoms with Gasteiger partial charge in [-0.05, 0) is 44.9 Å². The summed E-state index contributed by atoms with van der Waals surface area (Å²) in [7, 11) is 0. The van der Waals surface area contributed by atoms with Gasteiger partial charge < -0.3 is 9.64 Å². The summed E-state index contributed by atoms with van der Waals surface area (Å²) in [6.45, 7) is 8.85. The summed E-state index contributed by atoms with van der Waals surface area (Å²) >= 11 is 0. The van der Waals surface area contributed by atoms with Crippen LogP contribution in [0.4, 0.5) is 5.95 Å². The maximum Gasteiger partial charge on any atom is 0.225 e. The zero-order valence-electron chi connectivity index (χ0n) is 13.5. The van der Waals surface area contributed by atoms with Crippen molar-refractivity contribution in [3.63, 3.8) is 0 Å². The number of para-hydroxylation sites is 1. The molecule has 1 atom stereocenters. The highest BCUT2D eigenvalue weighted by Gasteiger charge is 2.25. The molecule has 3 rings (SSSR count). The third kappa shape index (κ3) is 3.38. The van der Waals surface area contributed by atoms with Crippen molar-refractivity contribution < 1.29 is 4.74 Å². The molecule has 22 heavy (non-hydrogen) atoms. The van der Waals surface area contributed by atoms with Crippen molar-refractivity contribution >= 4 is 5.95 Å². The fourth-order valence-corrected chi connectivity index (χ4v) is 2.93. The predicted octanol–water partition coefficient (Wildman–Crippen LogP) is 3.31. The second kappa shape index (κ2) is 6.34. The Morgan fingerprint density at radius 2 is 1.86 bits per heavy atom. The van der Waals surface area contributed by atoms with Crippen molar-refractivity contribution in [3.05, 3.63) is 47.3 Å². The van der Waals surface area contributed by atoms with Crippen LogP contribution in [0.25, 0.3) is 0 Å². The average Bonchev–Trinajstić information content (AvgIpc) is 2.94. The molecule has 0 bridgehead atoms. The van der Waals surface area contributed by atoms with E-state index in [1.54, 1.807) is 0 Å². The molecule has 2 aromatic rings. The highest BCUT2D eigenvalue weighted by molar-refractivity contribution is 5.34. The maximum atomic E-state index is 5.98. The standard InChI is InChI=1S/C18H23N3O/c1-13-6-4-5-7-17(13)22-12-16-8-9-21(11-16)18-19-14(2)10-15(3)20-18/h4-7,10,16H,8-9,11-12H2,1-3H3/t16-/m0/s1. The highest BCUT2D eigenvalue weighted by Crippen LogP contribution is 2.23. The van der Waals surface area contributed by atoms with Gasteiger partial charge in [-0.3, -0.25) is 0 Å². The molecule has 1 fully saturated rings. The molecule has 0 saturated carbocycles. The number of hydrogen-bond donors (Lipinski definition) is 0. The van der Waals surface area contributed by atoms with E-state index in [1.807, 2.05) is 38.1 Å². The Balaban J connectivity index is 1.59. The number of hydrogen-bond acceptors (Lipinski definition) is 4. The molecular weight excluding hydrogens is 274 g/mol. The lowest BCUT2D eigenvalue weighted by atomic mass is 10.1. The summed E-state index contributed by atoms with van der Waals surface area (Å²) in [6.07, 6.45) is 1.13. The summed E-state index contributed by atoms with van der Waals surface area (Å²) in [4.78, 5) is 11.4. The summed E-state index contributed by atoms with van der Waals surface area (Å²) in [5.74, 6) is 2.38. The minimum absolute atomic E-state index is 0.532. The van der Waals surface area contributed by atoms with Gasteiger partial charge in [-0.15, -0.1) is 0 Å². The number of rotatable bonds is 4. The molecule has 4 nitrogen and oxygen atoms in total. The summed E-state index contributed by atoms with van der Waals surface area (Å²) in [5, 5.41) is 0. The van der Waals surface area contributed by atoms with Gasteiger partial charge in [0.1, 0.15) is 5.75 Å². The molecule has 0 amide bonds. The van der Waals surface area contributed by atoms with Crippen molar-refractivity contribution in [2.24, 2.45) is 5.92 Å². The lowest BCUT2D eigenvalue weighted by Gasteiger charge is -2.17. The van der Waals surface area contributed by atoms with E-state index < -0.39 is 0 Å². The van der Waals surface area contributed by atoms with Gasteiger partial charge in [0.2, 0.25) is 5.95 Å². The number of aromatic nitrogens is 2. The first kappa shape index (κ1) is 14.8. The van der Waals surface area contributed by atoms with Crippen LogP contribution < -0.4 is 9.64 Å². The Hall–Kier alpha value is -2.10. The van der Waals surface area contributed by atoms with E-state index in [4.69, 9.17) is 4.74 Å². The van der Waals surface area contributed by atoms with Gasteiger partial charge >= 0.3 is 0 Å². The van der Waals surface area contributed by atoms with Crippen molar-refractivity contribution in [1.29, 1.82) is 0 Å². The molecule has 1 saturated heterocycles. The van der Waals surface area contributed by atoms with E-state index >= 15 is 0 Å². The van der Waals surface area contributed by atoms with Crippen LogP contribution in [0, 0.1) is 26.7 Å². The van der Waals surface area contributed by atoms with Gasteiger partial charge in [0.25, 0.3) is 0 Å².